The lowest BCUT2D eigenvalue weighted by Crippen LogP contribution is -2.30. The number of benzene rings is 1. The number of anilines is 2. The summed E-state index contributed by atoms with van der Waals surface area (Å²) in [6, 6.07) is 9.37. The van der Waals surface area contributed by atoms with Crippen LogP contribution in [0, 0.1) is 0 Å². The minimum Gasteiger partial charge on any atom is -0.477 e. The molecule has 0 unspecified atom stereocenters. The van der Waals surface area contributed by atoms with Crippen molar-refractivity contribution >= 4 is 17.7 Å². The molecular weight excluding hydrogens is 320 g/mol. The summed E-state index contributed by atoms with van der Waals surface area (Å²) in [6.07, 6.45) is 3.68. The fourth-order valence-electron chi connectivity index (χ4n) is 3.40. The number of nitrogens with zero attached hydrogens (tertiary/aromatic N) is 2. The van der Waals surface area contributed by atoms with E-state index in [-0.39, 0.29) is 11.3 Å². The van der Waals surface area contributed by atoms with Crippen LogP contribution in [-0.4, -0.2) is 34.1 Å². The quantitative estimate of drug-likeness (QED) is 0.791. The number of aromatic amines is 1. The summed E-state index contributed by atoms with van der Waals surface area (Å²) in [5, 5.41) is 12.2. The highest BCUT2D eigenvalue weighted by Gasteiger charge is 2.29. The highest BCUT2D eigenvalue weighted by atomic mass is 16.4. The zero-order valence-electron chi connectivity index (χ0n) is 13.5. The van der Waals surface area contributed by atoms with Crippen molar-refractivity contribution in [2.45, 2.75) is 18.8 Å². The Bertz CT molecular complexity index is 898. The predicted octanol–water partition coefficient (Wildman–Crippen LogP) is 1.90. The Labute approximate surface area is 144 Å². The van der Waals surface area contributed by atoms with Gasteiger partial charge in [-0.05, 0) is 24.5 Å². The molecule has 2 aliphatic heterocycles. The maximum atomic E-state index is 12.8. The number of hydrogen-bond acceptors (Lipinski definition) is 5. The van der Waals surface area contributed by atoms with Gasteiger partial charge in [-0.2, -0.15) is 4.98 Å². The van der Waals surface area contributed by atoms with Crippen LogP contribution < -0.4 is 15.8 Å². The largest absolute Gasteiger partial charge is 0.477 e. The molecule has 1 fully saturated rings. The number of H-pyrrole nitrogens is 1. The average Bonchev–Trinajstić information content (AvgIpc) is 3.16. The van der Waals surface area contributed by atoms with Gasteiger partial charge >= 0.3 is 5.97 Å². The van der Waals surface area contributed by atoms with Crippen molar-refractivity contribution < 1.29 is 9.90 Å². The highest BCUT2D eigenvalue weighted by Crippen LogP contribution is 2.34. The Hall–Kier alpha value is -3.09. The summed E-state index contributed by atoms with van der Waals surface area (Å²) in [7, 11) is 0. The van der Waals surface area contributed by atoms with Gasteiger partial charge in [0, 0.05) is 19.0 Å². The van der Waals surface area contributed by atoms with Crippen LogP contribution in [0.2, 0.25) is 0 Å². The highest BCUT2D eigenvalue weighted by molar-refractivity contribution is 5.91. The number of aromatic nitrogens is 2. The lowest BCUT2D eigenvalue weighted by molar-refractivity contribution is -0.132. The van der Waals surface area contributed by atoms with E-state index in [2.05, 4.69) is 15.3 Å². The summed E-state index contributed by atoms with van der Waals surface area (Å²) in [5.41, 5.74) is 1.09. The molecule has 2 aromatic rings. The van der Waals surface area contributed by atoms with Crippen molar-refractivity contribution in [1.82, 2.24) is 9.97 Å². The molecule has 7 nitrogen and oxygen atoms in total. The first-order valence-electron chi connectivity index (χ1n) is 8.30. The number of rotatable bonds is 3. The van der Waals surface area contributed by atoms with E-state index in [1.807, 2.05) is 35.2 Å². The topological polar surface area (TPSA) is 98.3 Å². The SMILES string of the molecule is O=C(O)C1=C[C@@H](c2ccccc2)c2c(nc(N3CCCC3)[nH]c2=O)N1. The van der Waals surface area contributed by atoms with Crippen LogP contribution in [0.4, 0.5) is 11.8 Å². The maximum absolute atomic E-state index is 12.8. The molecular formula is C18H18N4O3. The minimum atomic E-state index is -1.07. The first-order valence-corrected chi connectivity index (χ1v) is 8.30. The van der Waals surface area contributed by atoms with Gasteiger partial charge in [-0.15, -0.1) is 0 Å². The third-order valence-electron chi connectivity index (χ3n) is 4.63. The van der Waals surface area contributed by atoms with Gasteiger partial charge in [-0.25, -0.2) is 4.79 Å². The van der Waals surface area contributed by atoms with Crippen molar-refractivity contribution in [1.29, 1.82) is 0 Å². The molecule has 0 amide bonds. The number of carbonyl (C=O) groups is 1. The zero-order chi connectivity index (χ0) is 17.4. The van der Waals surface area contributed by atoms with Crippen LogP contribution in [0.15, 0.2) is 46.9 Å². The van der Waals surface area contributed by atoms with E-state index in [1.54, 1.807) is 6.08 Å². The summed E-state index contributed by atoms with van der Waals surface area (Å²) < 4.78 is 0. The van der Waals surface area contributed by atoms with Gasteiger partial charge in [0.25, 0.3) is 5.56 Å². The number of allylic oxidation sites excluding steroid dienone is 1. The fraction of sp³-hybridized carbons (Fsp3) is 0.278. The molecule has 1 aromatic carbocycles. The summed E-state index contributed by atoms with van der Waals surface area (Å²) >= 11 is 0. The molecule has 0 spiro atoms. The van der Waals surface area contributed by atoms with Crippen molar-refractivity contribution in [3.63, 3.8) is 0 Å². The molecule has 7 heteroatoms. The first-order chi connectivity index (χ1) is 12.1. The van der Waals surface area contributed by atoms with Gasteiger partial charge in [-0.3, -0.25) is 9.78 Å². The summed E-state index contributed by atoms with van der Waals surface area (Å²) in [6.45, 7) is 1.68. The molecule has 0 bridgehead atoms. The smallest absolute Gasteiger partial charge is 0.352 e. The van der Waals surface area contributed by atoms with E-state index < -0.39 is 11.9 Å². The van der Waals surface area contributed by atoms with Crippen LogP contribution in [0.5, 0.6) is 0 Å². The van der Waals surface area contributed by atoms with E-state index in [9.17, 15) is 14.7 Å². The molecule has 128 valence electrons. The second-order valence-electron chi connectivity index (χ2n) is 6.24. The van der Waals surface area contributed by atoms with Crippen molar-refractivity contribution in [2.75, 3.05) is 23.3 Å². The van der Waals surface area contributed by atoms with Crippen molar-refractivity contribution in [2.24, 2.45) is 0 Å². The molecule has 0 radical (unpaired) electrons. The number of nitrogens with one attached hydrogen (secondary N) is 2. The van der Waals surface area contributed by atoms with Gasteiger partial charge in [0.1, 0.15) is 11.5 Å². The van der Waals surface area contributed by atoms with Crippen LogP contribution in [-0.2, 0) is 4.79 Å². The van der Waals surface area contributed by atoms with Crippen LogP contribution in [0.3, 0.4) is 0 Å². The Morgan fingerprint density at radius 1 is 1.20 bits per heavy atom. The molecule has 4 rings (SSSR count). The molecule has 3 heterocycles. The van der Waals surface area contributed by atoms with E-state index in [1.165, 1.54) is 0 Å². The van der Waals surface area contributed by atoms with E-state index >= 15 is 0 Å². The second-order valence-corrected chi connectivity index (χ2v) is 6.24. The third kappa shape index (κ3) is 2.77. The van der Waals surface area contributed by atoms with Crippen LogP contribution in [0.25, 0.3) is 0 Å². The van der Waals surface area contributed by atoms with Crippen molar-refractivity contribution in [3.05, 3.63) is 63.6 Å². The van der Waals surface area contributed by atoms with Crippen molar-refractivity contribution in [3.8, 4) is 0 Å². The Balaban J connectivity index is 1.85. The normalized spacial score (nSPS) is 19.1. The standard InChI is InChI=1S/C18H18N4O3/c23-16-14-12(11-6-2-1-3-7-11)10-13(17(24)25)19-15(14)20-18(21-16)22-8-4-5-9-22/h1-3,6-7,10,12H,4-5,8-9H2,(H,24,25)(H2,19,20,21,23)/t12-/m0/s1. The Morgan fingerprint density at radius 3 is 2.60 bits per heavy atom. The molecule has 1 atom stereocenters. The van der Waals surface area contributed by atoms with E-state index in [0.717, 1.165) is 31.5 Å². The van der Waals surface area contributed by atoms with Gasteiger partial charge in [0.2, 0.25) is 5.95 Å². The molecule has 25 heavy (non-hydrogen) atoms. The third-order valence-corrected chi connectivity index (χ3v) is 4.63. The maximum Gasteiger partial charge on any atom is 0.352 e. The first kappa shape index (κ1) is 15.4. The van der Waals surface area contributed by atoms with E-state index in [0.29, 0.717) is 17.3 Å². The molecule has 3 N–H and O–H groups in total. The number of hydrogen-bond donors (Lipinski definition) is 3. The van der Waals surface area contributed by atoms with Crippen LogP contribution >= 0.6 is 0 Å². The Morgan fingerprint density at radius 2 is 1.92 bits per heavy atom. The molecule has 0 aliphatic carbocycles. The zero-order valence-corrected chi connectivity index (χ0v) is 13.5. The molecule has 0 saturated carbocycles. The number of carboxylic acid groups (broad SMARTS) is 1. The monoisotopic (exact) mass is 338 g/mol. The molecule has 2 aliphatic rings. The van der Waals surface area contributed by atoms with Crippen LogP contribution in [0.1, 0.15) is 29.9 Å². The summed E-state index contributed by atoms with van der Waals surface area (Å²) in [5.74, 6) is -0.713. The second kappa shape index (κ2) is 6.08. The predicted molar refractivity (Wildman–Crippen MR) is 93.9 cm³/mol. The number of carboxylic acids is 1. The van der Waals surface area contributed by atoms with Gasteiger partial charge in [-0.1, -0.05) is 30.3 Å². The van der Waals surface area contributed by atoms with Gasteiger partial charge in [0.15, 0.2) is 0 Å². The molecule has 1 aromatic heterocycles. The number of fused-ring (bicyclic) bond motifs is 1. The number of aliphatic carboxylic acids is 1. The fourth-order valence-corrected chi connectivity index (χ4v) is 3.40. The van der Waals surface area contributed by atoms with Gasteiger partial charge < -0.3 is 15.3 Å². The van der Waals surface area contributed by atoms with E-state index in [4.69, 9.17) is 0 Å². The lowest BCUT2D eigenvalue weighted by Gasteiger charge is -2.25. The minimum absolute atomic E-state index is 0.0341. The lowest BCUT2D eigenvalue weighted by atomic mass is 9.89. The molecule has 1 saturated heterocycles. The van der Waals surface area contributed by atoms with Gasteiger partial charge in [0.05, 0.1) is 5.56 Å². The Kier molecular flexibility index (Phi) is 3.76. The average molecular weight is 338 g/mol. The summed E-state index contributed by atoms with van der Waals surface area (Å²) in [4.78, 5) is 33.7.